The Morgan fingerprint density at radius 2 is 1.88 bits per heavy atom. The molecule has 0 N–H and O–H groups in total. The smallest absolute Gasteiger partial charge is 0.289 e. The maximum atomic E-state index is 12.6. The molecule has 0 unspecified atom stereocenters. The average molecular weight is 373 g/mol. The first-order chi connectivity index (χ1) is 12.5. The van der Waals surface area contributed by atoms with E-state index in [9.17, 15) is 13.2 Å². The van der Waals surface area contributed by atoms with Crippen LogP contribution in [-0.2, 0) is 15.6 Å². The number of amides is 1. The predicted molar refractivity (Wildman–Crippen MR) is 96.5 cm³/mol. The van der Waals surface area contributed by atoms with Crippen molar-refractivity contribution in [3.63, 3.8) is 0 Å². The van der Waals surface area contributed by atoms with Crippen LogP contribution in [0.1, 0.15) is 29.2 Å². The Kier molecular flexibility index (Phi) is 4.32. The third-order valence-corrected chi connectivity index (χ3v) is 6.97. The van der Waals surface area contributed by atoms with E-state index in [-0.39, 0.29) is 11.7 Å². The molecule has 0 aliphatic carbocycles. The highest BCUT2D eigenvalue weighted by Crippen LogP contribution is 2.25. The first kappa shape index (κ1) is 16.9. The fourth-order valence-electron chi connectivity index (χ4n) is 3.37. The SMILES string of the molecule is O=C(c1cc2ccccc2o1)N1CCC(S(=O)(=O)Cc2ccco2)CC1. The molecule has 1 aliphatic rings. The number of carbonyl (C=O) groups excluding carboxylic acids is 1. The number of likely N-dealkylation sites (tertiary alicyclic amines) is 1. The Morgan fingerprint density at radius 3 is 2.58 bits per heavy atom. The summed E-state index contributed by atoms with van der Waals surface area (Å²) in [6, 6.07) is 12.5. The molecule has 7 heteroatoms. The highest BCUT2D eigenvalue weighted by molar-refractivity contribution is 7.91. The third-order valence-electron chi connectivity index (χ3n) is 4.80. The molecule has 136 valence electrons. The number of nitrogens with zero attached hydrogens (tertiary/aromatic N) is 1. The lowest BCUT2D eigenvalue weighted by atomic mass is 10.1. The monoisotopic (exact) mass is 373 g/mol. The molecule has 1 saturated heterocycles. The summed E-state index contributed by atoms with van der Waals surface area (Å²) in [6.45, 7) is 0.801. The minimum Gasteiger partial charge on any atom is -0.468 e. The zero-order chi connectivity index (χ0) is 18.1. The summed E-state index contributed by atoms with van der Waals surface area (Å²) >= 11 is 0. The molecule has 1 amide bonds. The van der Waals surface area contributed by atoms with Crippen LogP contribution in [0, 0.1) is 0 Å². The summed E-state index contributed by atoms with van der Waals surface area (Å²) in [5.41, 5.74) is 0.673. The van der Waals surface area contributed by atoms with Crippen molar-refractivity contribution < 1.29 is 22.0 Å². The van der Waals surface area contributed by atoms with Crippen molar-refractivity contribution in [1.82, 2.24) is 4.90 Å². The first-order valence-electron chi connectivity index (χ1n) is 8.55. The molecule has 1 fully saturated rings. The second kappa shape index (κ2) is 6.64. The van der Waals surface area contributed by atoms with E-state index in [4.69, 9.17) is 8.83 Å². The van der Waals surface area contributed by atoms with Crippen LogP contribution in [-0.4, -0.2) is 37.6 Å². The van der Waals surface area contributed by atoms with Gasteiger partial charge in [0.05, 0.1) is 11.5 Å². The summed E-state index contributed by atoms with van der Waals surface area (Å²) in [6.07, 6.45) is 2.32. The molecule has 1 aliphatic heterocycles. The van der Waals surface area contributed by atoms with Crippen LogP contribution in [0.25, 0.3) is 11.0 Å². The molecule has 0 saturated carbocycles. The van der Waals surface area contributed by atoms with Gasteiger partial charge in [-0.1, -0.05) is 18.2 Å². The van der Waals surface area contributed by atoms with Crippen LogP contribution in [0.3, 0.4) is 0 Å². The molecule has 0 bridgehead atoms. The van der Waals surface area contributed by atoms with Crippen molar-refractivity contribution in [2.24, 2.45) is 0 Å². The molecule has 26 heavy (non-hydrogen) atoms. The van der Waals surface area contributed by atoms with Gasteiger partial charge in [0.15, 0.2) is 15.6 Å². The van der Waals surface area contributed by atoms with Crippen molar-refractivity contribution in [2.45, 2.75) is 23.8 Å². The van der Waals surface area contributed by atoms with Gasteiger partial charge in [-0.3, -0.25) is 4.79 Å². The molecule has 0 spiro atoms. The Labute approximate surface area is 151 Å². The van der Waals surface area contributed by atoms with E-state index in [1.165, 1.54) is 6.26 Å². The molecule has 3 heterocycles. The van der Waals surface area contributed by atoms with E-state index in [1.807, 2.05) is 24.3 Å². The fraction of sp³-hybridized carbons (Fsp3) is 0.316. The molecule has 0 atom stereocenters. The van der Waals surface area contributed by atoms with Crippen LogP contribution in [0.5, 0.6) is 0 Å². The average Bonchev–Trinajstić information content (AvgIpc) is 3.30. The van der Waals surface area contributed by atoms with Gasteiger partial charge >= 0.3 is 0 Å². The van der Waals surface area contributed by atoms with Crippen molar-refractivity contribution in [3.05, 3.63) is 60.2 Å². The zero-order valence-electron chi connectivity index (χ0n) is 14.1. The van der Waals surface area contributed by atoms with Crippen LogP contribution in [0.4, 0.5) is 0 Å². The van der Waals surface area contributed by atoms with E-state index in [0.29, 0.717) is 43.0 Å². The number of hydrogen-bond donors (Lipinski definition) is 0. The molecular weight excluding hydrogens is 354 g/mol. The molecule has 3 aromatic rings. The summed E-state index contributed by atoms with van der Waals surface area (Å²) in [5, 5.41) is 0.430. The van der Waals surface area contributed by atoms with E-state index in [2.05, 4.69) is 0 Å². The van der Waals surface area contributed by atoms with Gasteiger partial charge in [-0.15, -0.1) is 0 Å². The second-order valence-electron chi connectivity index (χ2n) is 6.53. The molecule has 6 nitrogen and oxygen atoms in total. The van der Waals surface area contributed by atoms with Crippen LogP contribution in [0.15, 0.2) is 57.6 Å². The predicted octanol–water partition coefficient (Wildman–Crippen LogP) is 3.25. The number of piperidine rings is 1. The van der Waals surface area contributed by atoms with E-state index in [0.717, 1.165) is 5.39 Å². The van der Waals surface area contributed by atoms with Gasteiger partial charge < -0.3 is 13.7 Å². The molecule has 2 aromatic heterocycles. The maximum Gasteiger partial charge on any atom is 0.289 e. The molecule has 4 rings (SSSR count). The standard InChI is InChI=1S/C19H19NO5S/c21-19(18-12-14-4-1-2-6-17(14)25-18)20-9-7-16(8-10-20)26(22,23)13-15-5-3-11-24-15/h1-6,11-12,16H,7-10,13H2. The number of sulfone groups is 1. The number of hydrogen-bond acceptors (Lipinski definition) is 5. The van der Waals surface area contributed by atoms with Gasteiger partial charge in [0.25, 0.3) is 5.91 Å². The summed E-state index contributed by atoms with van der Waals surface area (Å²) in [7, 11) is -3.30. The number of carbonyl (C=O) groups is 1. The van der Waals surface area contributed by atoms with Crippen molar-refractivity contribution in [1.29, 1.82) is 0 Å². The lowest BCUT2D eigenvalue weighted by Gasteiger charge is -2.31. The summed E-state index contributed by atoms with van der Waals surface area (Å²) in [4.78, 5) is 14.3. The highest BCUT2D eigenvalue weighted by Gasteiger charge is 2.33. The Balaban J connectivity index is 1.42. The molecule has 0 radical (unpaired) electrons. The Bertz CT molecular complexity index is 978. The topological polar surface area (TPSA) is 80.7 Å². The maximum absolute atomic E-state index is 12.6. The largest absolute Gasteiger partial charge is 0.468 e. The van der Waals surface area contributed by atoms with Crippen molar-refractivity contribution in [3.8, 4) is 0 Å². The summed E-state index contributed by atoms with van der Waals surface area (Å²) in [5.74, 6) is 0.458. The van der Waals surface area contributed by atoms with Gasteiger partial charge in [-0.05, 0) is 37.1 Å². The Morgan fingerprint density at radius 1 is 1.12 bits per heavy atom. The number of rotatable bonds is 4. The zero-order valence-corrected chi connectivity index (χ0v) is 14.9. The number of benzene rings is 1. The van der Waals surface area contributed by atoms with Crippen LogP contribution in [0.2, 0.25) is 0 Å². The molecule has 1 aromatic carbocycles. The normalized spacial score (nSPS) is 16.2. The lowest BCUT2D eigenvalue weighted by Crippen LogP contribution is -2.42. The van der Waals surface area contributed by atoms with Crippen molar-refractivity contribution >= 4 is 26.7 Å². The van der Waals surface area contributed by atoms with E-state index in [1.54, 1.807) is 23.1 Å². The minimum absolute atomic E-state index is 0.0951. The quantitative estimate of drug-likeness (QED) is 0.701. The highest BCUT2D eigenvalue weighted by atomic mass is 32.2. The third kappa shape index (κ3) is 3.26. The van der Waals surface area contributed by atoms with Gasteiger partial charge in [0, 0.05) is 18.5 Å². The van der Waals surface area contributed by atoms with Gasteiger partial charge in [0.1, 0.15) is 17.1 Å². The van der Waals surface area contributed by atoms with Gasteiger partial charge in [0.2, 0.25) is 0 Å². The van der Waals surface area contributed by atoms with E-state index < -0.39 is 15.1 Å². The summed E-state index contributed by atoms with van der Waals surface area (Å²) < 4.78 is 35.8. The second-order valence-corrected chi connectivity index (χ2v) is 8.81. The fourth-order valence-corrected chi connectivity index (χ4v) is 5.10. The lowest BCUT2D eigenvalue weighted by molar-refractivity contribution is 0.0696. The minimum atomic E-state index is -3.30. The molecular formula is C19H19NO5S. The van der Waals surface area contributed by atoms with Gasteiger partial charge in [-0.2, -0.15) is 0 Å². The number of fused-ring (bicyclic) bond motifs is 1. The number of para-hydroxylation sites is 1. The van der Waals surface area contributed by atoms with Crippen LogP contribution >= 0.6 is 0 Å². The van der Waals surface area contributed by atoms with Crippen LogP contribution < -0.4 is 0 Å². The number of furan rings is 2. The van der Waals surface area contributed by atoms with E-state index >= 15 is 0 Å². The van der Waals surface area contributed by atoms with Gasteiger partial charge in [-0.25, -0.2) is 8.42 Å². The van der Waals surface area contributed by atoms with Crippen molar-refractivity contribution in [2.75, 3.05) is 13.1 Å². The Hall–Kier alpha value is -2.54. The first-order valence-corrected chi connectivity index (χ1v) is 10.3.